The Bertz CT molecular complexity index is 911. The lowest BCUT2D eigenvalue weighted by atomic mass is 10.1. The van der Waals surface area contributed by atoms with E-state index in [-0.39, 0.29) is 18.9 Å². The van der Waals surface area contributed by atoms with Crippen LogP contribution in [-0.2, 0) is 25.5 Å². The van der Waals surface area contributed by atoms with E-state index in [1.54, 1.807) is 38.5 Å². The number of likely N-dealkylation sites (N-methyl/N-ethyl adjacent to an activating group) is 1. The van der Waals surface area contributed by atoms with Crippen molar-refractivity contribution in [2.24, 2.45) is 0 Å². The van der Waals surface area contributed by atoms with Crippen molar-refractivity contribution in [3.05, 3.63) is 53.6 Å². The van der Waals surface area contributed by atoms with Gasteiger partial charge in [-0.2, -0.15) is 0 Å². The number of amides is 2. The molecule has 0 atom stereocenters. The zero-order valence-corrected chi connectivity index (χ0v) is 18.3. The van der Waals surface area contributed by atoms with Crippen molar-refractivity contribution in [3.8, 4) is 11.5 Å². The minimum absolute atomic E-state index is 0.111. The molecule has 0 aliphatic carbocycles. The summed E-state index contributed by atoms with van der Waals surface area (Å²) in [5.74, 6) is -0.110. The number of nitrogens with zero attached hydrogens (tertiary/aromatic N) is 1. The van der Waals surface area contributed by atoms with Gasteiger partial charge in [0.15, 0.2) is 18.1 Å². The molecule has 8 heteroatoms. The largest absolute Gasteiger partial charge is 0.493 e. The number of nitrogens with one attached hydrogen (secondary N) is 1. The number of ether oxygens (including phenoxy) is 3. The Morgan fingerprint density at radius 3 is 2.29 bits per heavy atom. The van der Waals surface area contributed by atoms with Crippen LogP contribution < -0.4 is 14.8 Å². The number of anilines is 1. The van der Waals surface area contributed by atoms with Crippen LogP contribution in [0.25, 0.3) is 0 Å². The standard InChI is InChI=1S/C23H28N2O6/c1-16-5-9-18(10-6-16)24-21(26)14-25(2)22(27)15-31-23(28)12-8-17-7-11-19(29-3)20(13-17)30-4/h5-7,9-11,13H,8,12,14-15H2,1-4H3,(H,24,26). The van der Waals surface area contributed by atoms with E-state index < -0.39 is 18.5 Å². The molecule has 2 amide bonds. The number of esters is 1. The summed E-state index contributed by atoms with van der Waals surface area (Å²) in [6.07, 6.45) is 0.544. The van der Waals surface area contributed by atoms with E-state index in [0.29, 0.717) is 23.6 Å². The molecule has 8 nitrogen and oxygen atoms in total. The second-order valence-corrected chi connectivity index (χ2v) is 7.01. The summed E-state index contributed by atoms with van der Waals surface area (Å²) in [5.41, 5.74) is 2.61. The molecule has 0 unspecified atom stereocenters. The fourth-order valence-corrected chi connectivity index (χ4v) is 2.75. The van der Waals surface area contributed by atoms with E-state index in [1.807, 2.05) is 25.1 Å². The Morgan fingerprint density at radius 2 is 1.65 bits per heavy atom. The minimum Gasteiger partial charge on any atom is -0.493 e. The first-order chi connectivity index (χ1) is 14.8. The zero-order valence-electron chi connectivity index (χ0n) is 18.3. The van der Waals surface area contributed by atoms with E-state index in [4.69, 9.17) is 14.2 Å². The molecule has 0 aromatic heterocycles. The summed E-state index contributed by atoms with van der Waals surface area (Å²) in [5, 5.41) is 2.72. The first-order valence-electron chi connectivity index (χ1n) is 9.79. The highest BCUT2D eigenvalue weighted by atomic mass is 16.5. The number of aryl methyl sites for hydroxylation is 2. The van der Waals surface area contributed by atoms with E-state index in [9.17, 15) is 14.4 Å². The van der Waals surface area contributed by atoms with Gasteiger partial charge in [0.2, 0.25) is 5.91 Å². The van der Waals surface area contributed by atoms with Crippen molar-refractivity contribution in [3.63, 3.8) is 0 Å². The molecule has 2 aromatic carbocycles. The van der Waals surface area contributed by atoms with Crippen LogP contribution in [-0.4, -0.2) is 57.1 Å². The number of carbonyl (C=O) groups excluding carboxylic acids is 3. The fraction of sp³-hybridized carbons (Fsp3) is 0.348. The van der Waals surface area contributed by atoms with Gasteiger partial charge in [-0.15, -0.1) is 0 Å². The Hall–Kier alpha value is -3.55. The van der Waals surface area contributed by atoms with Crippen LogP contribution >= 0.6 is 0 Å². The molecule has 0 aliphatic rings. The Morgan fingerprint density at radius 1 is 0.968 bits per heavy atom. The van der Waals surface area contributed by atoms with Crippen LogP contribution in [0.4, 0.5) is 5.69 Å². The summed E-state index contributed by atoms with van der Waals surface area (Å²) in [6.45, 7) is 1.39. The normalized spacial score (nSPS) is 10.2. The molecule has 0 saturated heterocycles. The summed E-state index contributed by atoms with van der Waals surface area (Å²) >= 11 is 0. The molecule has 0 bridgehead atoms. The van der Waals surface area contributed by atoms with E-state index >= 15 is 0 Å². The van der Waals surface area contributed by atoms with Gasteiger partial charge in [-0.25, -0.2) is 0 Å². The Balaban J connectivity index is 1.73. The molecule has 0 fully saturated rings. The lowest BCUT2D eigenvalue weighted by molar-refractivity contribution is -0.151. The molecule has 0 saturated carbocycles. The number of carbonyl (C=O) groups is 3. The lowest BCUT2D eigenvalue weighted by Crippen LogP contribution is -2.37. The van der Waals surface area contributed by atoms with Crippen molar-refractivity contribution in [1.29, 1.82) is 0 Å². The molecule has 31 heavy (non-hydrogen) atoms. The Labute approximate surface area is 182 Å². The second-order valence-electron chi connectivity index (χ2n) is 7.01. The first kappa shape index (κ1) is 23.7. The molecule has 2 rings (SSSR count). The molecule has 0 spiro atoms. The zero-order chi connectivity index (χ0) is 22.8. The maximum atomic E-state index is 12.1. The van der Waals surface area contributed by atoms with Crippen molar-refractivity contribution < 1.29 is 28.6 Å². The van der Waals surface area contributed by atoms with Crippen LogP contribution in [0.1, 0.15) is 17.5 Å². The van der Waals surface area contributed by atoms with Gasteiger partial charge < -0.3 is 24.4 Å². The van der Waals surface area contributed by atoms with Crippen molar-refractivity contribution in [1.82, 2.24) is 4.90 Å². The van der Waals surface area contributed by atoms with Crippen LogP contribution in [0.2, 0.25) is 0 Å². The van der Waals surface area contributed by atoms with Crippen molar-refractivity contribution in [2.75, 3.05) is 39.7 Å². The fourth-order valence-electron chi connectivity index (χ4n) is 2.75. The molecule has 0 heterocycles. The van der Waals surface area contributed by atoms with Gasteiger partial charge in [0.25, 0.3) is 5.91 Å². The van der Waals surface area contributed by atoms with Crippen LogP contribution in [0.15, 0.2) is 42.5 Å². The third-order valence-electron chi connectivity index (χ3n) is 4.56. The summed E-state index contributed by atoms with van der Waals surface area (Å²) in [7, 11) is 4.57. The third-order valence-corrected chi connectivity index (χ3v) is 4.56. The quantitative estimate of drug-likeness (QED) is 0.585. The molecule has 1 N–H and O–H groups in total. The predicted molar refractivity (Wildman–Crippen MR) is 116 cm³/mol. The third kappa shape index (κ3) is 7.65. The van der Waals surface area contributed by atoms with E-state index in [1.165, 1.54) is 11.9 Å². The van der Waals surface area contributed by atoms with Gasteiger partial charge in [0.1, 0.15) is 0 Å². The summed E-state index contributed by atoms with van der Waals surface area (Å²) in [6, 6.07) is 12.7. The predicted octanol–water partition coefficient (Wildman–Crippen LogP) is 2.59. The van der Waals surface area contributed by atoms with Gasteiger partial charge in [0.05, 0.1) is 20.8 Å². The smallest absolute Gasteiger partial charge is 0.306 e. The van der Waals surface area contributed by atoms with Gasteiger partial charge >= 0.3 is 5.97 Å². The summed E-state index contributed by atoms with van der Waals surface area (Å²) in [4.78, 5) is 37.4. The van der Waals surface area contributed by atoms with Crippen molar-refractivity contribution >= 4 is 23.5 Å². The number of methoxy groups -OCH3 is 2. The highest BCUT2D eigenvalue weighted by molar-refractivity contribution is 5.94. The lowest BCUT2D eigenvalue weighted by Gasteiger charge is -2.17. The van der Waals surface area contributed by atoms with Gasteiger partial charge in [-0.3, -0.25) is 14.4 Å². The topological polar surface area (TPSA) is 94.2 Å². The molecular formula is C23H28N2O6. The molecule has 0 aliphatic heterocycles. The average Bonchev–Trinajstić information content (AvgIpc) is 2.77. The minimum atomic E-state index is -0.499. The average molecular weight is 428 g/mol. The maximum Gasteiger partial charge on any atom is 0.306 e. The highest BCUT2D eigenvalue weighted by Gasteiger charge is 2.15. The monoisotopic (exact) mass is 428 g/mol. The number of rotatable bonds is 10. The SMILES string of the molecule is COc1ccc(CCC(=O)OCC(=O)N(C)CC(=O)Nc2ccc(C)cc2)cc1OC. The molecule has 166 valence electrons. The Kier molecular flexibility index (Phi) is 8.87. The van der Waals surface area contributed by atoms with Crippen molar-refractivity contribution in [2.45, 2.75) is 19.8 Å². The first-order valence-corrected chi connectivity index (χ1v) is 9.79. The molecule has 0 radical (unpaired) electrons. The van der Waals surface area contributed by atoms with Crippen LogP contribution in [0.3, 0.4) is 0 Å². The van der Waals surface area contributed by atoms with Gasteiger partial charge in [0, 0.05) is 19.2 Å². The van der Waals surface area contributed by atoms with Crippen LogP contribution in [0, 0.1) is 6.92 Å². The number of hydrogen-bond donors (Lipinski definition) is 1. The molecule has 2 aromatic rings. The van der Waals surface area contributed by atoms with Gasteiger partial charge in [-0.05, 0) is 43.2 Å². The van der Waals surface area contributed by atoms with Crippen LogP contribution in [0.5, 0.6) is 11.5 Å². The molecular weight excluding hydrogens is 400 g/mol. The second kappa shape index (κ2) is 11.6. The van der Waals surface area contributed by atoms with E-state index in [2.05, 4.69) is 5.32 Å². The van der Waals surface area contributed by atoms with E-state index in [0.717, 1.165) is 11.1 Å². The highest BCUT2D eigenvalue weighted by Crippen LogP contribution is 2.28. The number of benzene rings is 2. The maximum absolute atomic E-state index is 12.1. The summed E-state index contributed by atoms with van der Waals surface area (Å²) < 4.78 is 15.5. The number of hydrogen-bond acceptors (Lipinski definition) is 6. The van der Waals surface area contributed by atoms with Gasteiger partial charge in [-0.1, -0.05) is 23.8 Å².